The Kier molecular flexibility index (Phi) is 4.37. The first-order valence-corrected chi connectivity index (χ1v) is 7.32. The number of benzene rings is 2. The van der Waals surface area contributed by atoms with Crippen molar-refractivity contribution in [2.45, 2.75) is 17.8 Å². The number of ether oxygens (including phenoxy) is 1. The maximum absolute atomic E-state index is 14.1. The molecule has 2 aromatic carbocycles. The molecule has 0 N–H and O–H groups in total. The van der Waals surface area contributed by atoms with Gasteiger partial charge in [0.05, 0.1) is 11.4 Å². The summed E-state index contributed by atoms with van der Waals surface area (Å²) in [6.45, 7) is 0. The number of nitrogens with zero attached hydrogens (tertiary/aromatic N) is 2. The van der Waals surface area contributed by atoms with E-state index in [-0.39, 0.29) is 0 Å². The van der Waals surface area contributed by atoms with Crippen LogP contribution in [0.2, 0.25) is 0 Å². The molecular weight excluding hydrogens is 394 g/mol. The molecular formula is C17H6F6N2O3. The first-order chi connectivity index (χ1) is 13.1. The molecule has 1 heterocycles. The summed E-state index contributed by atoms with van der Waals surface area (Å²) in [5.41, 5.74) is -8.06. The molecule has 1 aliphatic heterocycles. The molecule has 0 aromatic heterocycles. The van der Waals surface area contributed by atoms with E-state index in [0.717, 1.165) is 36.4 Å². The molecule has 11 heteroatoms. The van der Waals surface area contributed by atoms with E-state index in [1.54, 1.807) is 0 Å². The third-order valence-electron chi connectivity index (χ3n) is 4.15. The predicted molar refractivity (Wildman–Crippen MR) is 81.4 cm³/mol. The second-order valence-electron chi connectivity index (χ2n) is 5.61. The van der Waals surface area contributed by atoms with E-state index in [9.17, 15) is 35.9 Å². The highest BCUT2D eigenvalue weighted by atomic mass is 19.4. The molecule has 0 fully saturated rings. The van der Waals surface area contributed by atoms with Crippen molar-refractivity contribution in [2.24, 2.45) is 9.98 Å². The maximum atomic E-state index is 14.1. The third-order valence-corrected chi connectivity index (χ3v) is 4.15. The van der Waals surface area contributed by atoms with Gasteiger partial charge in [-0.2, -0.15) is 36.3 Å². The molecule has 5 nitrogen and oxygen atoms in total. The molecule has 0 bridgehead atoms. The quantitative estimate of drug-likeness (QED) is 0.398. The van der Waals surface area contributed by atoms with Crippen molar-refractivity contribution in [3.8, 4) is 11.5 Å². The number of isocyanates is 2. The number of aliphatic imine (C=N–C) groups is 2. The van der Waals surface area contributed by atoms with Crippen LogP contribution in [-0.2, 0) is 15.0 Å². The van der Waals surface area contributed by atoms with E-state index in [4.69, 9.17) is 4.74 Å². The fraction of sp³-hybridized carbons (Fsp3) is 0.176. The van der Waals surface area contributed by atoms with Crippen LogP contribution >= 0.6 is 0 Å². The molecule has 2 aromatic rings. The van der Waals surface area contributed by atoms with Crippen LogP contribution in [0.5, 0.6) is 11.5 Å². The average Bonchev–Trinajstić information content (AvgIpc) is 2.58. The van der Waals surface area contributed by atoms with Crippen molar-refractivity contribution in [1.82, 2.24) is 0 Å². The molecule has 0 saturated carbocycles. The Morgan fingerprint density at radius 2 is 1.14 bits per heavy atom. The van der Waals surface area contributed by atoms with Gasteiger partial charge in [0.25, 0.3) is 0 Å². The van der Waals surface area contributed by atoms with Crippen molar-refractivity contribution < 1.29 is 40.7 Å². The summed E-state index contributed by atoms with van der Waals surface area (Å²) in [5.74, 6) is -1.42. The van der Waals surface area contributed by atoms with Gasteiger partial charge in [-0.1, -0.05) is 0 Å². The maximum Gasteiger partial charge on any atom is 0.411 e. The van der Waals surface area contributed by atoms with E-state index in [1.165, 1.54) is 0 Å². The topological polar surface area (TPSA) is 68.1 Å². The highest BCUT2D eigenvalue weighted by Crippen LogP contribution is 2.63. The Morgan fingerprint density at radius 1 is 0.750 bits per heavy atom. The van der Waals surface area contributed by atoms with Crippen LogP contribution in [0, 0.1) is 0 Å². The lowest BCUT2D eigenvalue weighted by Gasteiger charge is -2.42. The van der Waals surface area contributed by atoms with E-state index in [0.29, 0.717) is 12.1 Å². The fourth-order valence-corrected chi connectivity index (χ4v) is 3.08. The number of fused-ring (bicyclic) bond motifs is 2. The number of carbonyl (C=O) groups excluding carboxylic acids is 2. The average molecular weight is 400 g/mol. The van der Waals surface area contributed by atoms with E-state index >= 15 is 0 Å². The summed E-state index contributed by atoms with van der Waals surface area (Å²) in [5, 5.41) is 0. The smallest absolute Gasteiger partial charge is 0.411 e. The molecule has 0 atom stereocenters. The Hall–Kier alpha value is -3.42. The lowest BCUT2D eigenvalue weighted by molar-refractivity contribution is -0.290. The lowest BCUT2D eigenvalue weighted by atomic mass is 9.70. The van der Waals surface area contributed by atoms with Crippen LogP contribution in [0.4, 0.5) is 37.7 Å². The summed E-state index contributed by atoms with van der Waals surface area (Å²) in [4.78, 5) is 27.0. The van der Waals surface area contributed by atoms with Crippen LogP contribution in [0.25, 0.3) is 0 Å². The molecule has 144 valence electrons. The molecule has 1 aliphatic rings. The summed E-state index contributed by atoms with van der Waals surface area (Å²) in [6, 6.07) is 4.63. The normalized spacial score (nSPS) is 14.6. The minimum Gasteiger partial charge on any atom is -0.457 e. The van der Waals surface area contributed by atoms with Crippen LogP contribution in [0.15, 0.2) is 46.4 Å². The van der Waals surface area contributed by atoms with E-state index < -0.39 is 51.8 Å². The van der Waals surface area contributed by atoms with Gasteiger partial charge >= 0.3 is 12.4 Å². The zero-order chi connectivity index (χ0) is 20.7. The van der Waals surface area contributed by atoms with Crippen molar-refractivity contribution in [1.29, 1.82) is 0 Å². The first-order valence-electron chi connectivity index (χ1n) is 7.32. The first kappa shape index (κ1) is 19.3. The second kappa shape index (κ2) is 6.33. The molecule has 0 unspecified atom stereocenters. The number of hydrogen-bond acceptors (Lipinski definition) is 5. The van der Waals surface area contributed by atoms with Gasteiger partial charge in [0.15, 0.2) is 0 Å². The summed E-state index contributed by atoms with van der Waals surface area (Å²) < 4.78 is 89.8. The number of rotatable bonds is 2. The minimum atomic E-state index is -5.87. The van der Waals surface area contributed by atoms with Crippen LogP contribution in [0.1, 0.15) is 11.1 Å². The van der Waals surface area contributed by atoms with Crippen molar-refractivity contribution in [3.63, 3.8) is 0 Å². The SMILES string of the molecule is O=C=Nc1ccc2c(c1)C(C(F)(F)F)(C(F)(F)F)c1cc(N=C=O)ccc1O2. The van der Waals surface area contributed by atoms with Crippen molar-refractivity contribution in [3.05, 3.63) is 47.5 Å². The van der Waals surface area contributed by atoms with Gasteiger partial charge in [-0.3, -0.25) is 0 Å². The van der Waals surface area contributed by atoms with Crippen LogP contribution < -0.4 is 4.74 Å². The van der Waals surface area contributed by atoms with Gasteiger partial charge in [0.2, 0.25) is 17.6 Å². The van der Waals surface area contributed by atoms with Crippen LogP contribution in [-0.4, -0.2) is 24.5 Å². The van der Waals surface area contributed by atoms with Gasteiger partial charge < -0.3 is 4.74 Å². The molecule has 0 saturated heterocycles. The third kappa shape index (κ3) is 2.69. The zero-order valence-electron chi connectivity index (χ0n) is 13.4. The molecule has 0 spiro atoms. The van der Waals surface area contributed by atoms with Gasteiger partial charge in [0.1, 0.15) is 11.5 Å². The highest BCUT2D eigenvalue weighted by Gasteiger charge is 2.75. The summed E-state index contributed by atoms with van der Waals surface area (Å²) in [7, 11) is 0. The van der Waals surface area contributed by atoms with Gasteiger partial charge in [-0.05, 0) is 36.4 Å². The Balaban J connectivity index is 2.50. The molecule has 0 amide bonds. The van der Waals surface area contributed by atoms with E-state index in [1.807, 2.05) is 0 Å². The fourth-order valence-electron chi connectivity index (χ4n) is 3.08. The largest absolute Gasteiger partial charge is 0.457 e. The zero-order valence-corrected chi connectivity index (χ0v) is 13.4. The summed E-state index contributed by atoms with van der Waals surface area (Å²) in [6.07, 6.45) is -9.63. The highest BCUT2D eigenvalue weighted by molar-refractivity contribution is 5.67. The molecule has 0 radical (unpaired) electrons. The van der Waals surface area contributed by atoms with Gasteiger partial charge in [-0.25, -0.2) is 9.59 Å². The predicted octanol–water partition coefficient (Wildman–Crippen LogP) is 5.14. The molecule has 28 heavy (non-hydrogen) atoms. The molecule has 0 aliphatic carbocycles. The Morgan fingerprint density at radius 3 is 1.46 bits per heavy atom. The van der Waals surface area contributed by atoms with Gasteiger partial charge in [-0.15, -0.1) is 0 Å². The minimum absolute atomic E-state index is 0.458. The second-order valence-corrected chi connectivity index (χ2v) is 5.61. The molecule has 3 rings (SSSR count). The van der Waals surface area contributed by atoms with Crippen molar-refractivity contribution >= 4 is 23.5 Å². The summed E-state index contributed by atoms with van der Waals surface area (Å²) >= 11 is 0. The monoisotopic (exact) mass is 400 g/mol. The van der Waals surface area contributed by atoms with E-state index in [2.05, 4.69) is 9.98 Å². The number of hydrogen-bond donors (Lipinski definition) is 0. The van der Waals surface area contributed by atoms with Crippen LogP contribution in [0.3, 0.4) is 0 Å². The Labute approximate surface area is 152 Å². The van der Waals surface area contributed by atoms with Gasteiger partial charge in [0, 0.05) is 11.1 Å². The number of halogens is 6. The standard InChI is InChI=1S/C17H6F6N2O3/c18-16(19,20)15(17(21,22)23)11-5-9(24-7-26)1-3-13(11)28-14-4-2-10(25-8-27)6-12(14)15/h1-6H. The lowest BCUT2D eigenvalue weighted by Crippen LogP contribution is -2.56. The number of alkyl halides is 6. The Bertz CT molecular complexity index is 964. The van der Waals surface area contributed by atoms with Crippen molar-refractivity contribution in [2.75, 3.05) is 0 Å².